The van der Waals surface area contributed by atoms with Crippen LogP contribution in [0.4, 0.5) is 11.6 Å². The Hall–Kier alpha value is -3.17. The lowest BCUT2D eigenvalue weighted by molar-refractivity contribution is -0.394. The van der Waals surface area contributed by atoms with Crippen molar-refractivity contribution in [3.8, 4) is 0 Å². The highest BCUT2D eigenvalue weighted by atomic mass is 16.6. The van der Waals surface area contributed by atoms with Crippen molar-refractivity contribution in [2.45, 2.75) is 13.5 Å². The van der Waals surface area contributed by atoms with Crippen LogP contribution in [0.15, 0.2) is 24.3 Å². The summed E-state index contributed by atoms with van der Waals surface area (Å²) in [5.74, 6) is -0.728. The van der Waals surface area contributed by atoms with Crippen LogP contribution in [0.3, 0.4) is 0 Å². The number of ketones is 1. The highest BCUT2D eigenvalue weighted by Crippen LogP contribution is 2.13. The maximum atomic E-state index is 12.0. The molecule has 21 heavy (non-hydrogen) atoms. The fraction of sp³-hybridized carbons (Fsp3) is 0.182. The maximum absolute atomic E-state index is 12.0. The summed E-state index contributed by atoms with van der Waals surface area (Å²) in [5, 5.41) is 24.7. The minimum Gasteiger partial charge on any atom is -0.390 e. The van der Waals surface area contributed by atoms with Gasteiger partial charge < -0.3 is 10.1 Å². The lowest BCUT2D eigenvalue weighted by atomic mass is 10.1. The number of nitro benzene ring substituents is 1. The number of carbonyl (C=O) groups excluding carboxylic acids is 1. The summed E-state index contributed by atoms with van der Waals surface area (Å²) in [6.45, 7) is 1.26. The zero-order valence-electron chi connectivity index (χ0n) is 10.8. The molecule has 1 aromatic carbocycles. The van der Waals surface area contributed by atoms with Crippen LogP contribution in [0, 0.1) is 27.2 Å². The van der Waals surface area contributed by atoms with Gasteiger partial charge in [0, 0.05) is 29.7 Å². The number of hydrogen-bond donors (Lipinski definition) is 0. The fourth-order valence-electron chi connectivity index (χ4n) is 1.63. The second kappa shape index (κ2) is 5.45. The molecule has 0 spiro atoms. The average molecular weight is 291 g/mol. The Kier molecular flexibility index (Phi) is 3.69. The molecule has 10 heteroatoms. The average Bonchev–Trinajstić information content (AvgIpc) is 2.80. The Balaban J connectivity index is 2.17. The van der Waals surface area contributed by atoms with Crippen LogP contribution in [0.25, 0.3) is 0 Å². The van der Waals surface area contributed by atoms with Crippen LogP contribution < -0.4 is 0 Å². The second-order valence-electron chi connectivity index (χ2n) is 4.10. The molecule has 2 rings (SSSR count). The van der Waals surface area contributed by atoms with E-state index in [2.05, 4.69) is 10.1 Å². The molecule has 0 saturated heterocycles. The van der Waals surface area contributed by atoms with Crippen molar-refractivity contribution in [1.82, 2.24) is 14.8 Å². The first kappa shape index (κ1) is 14.2. The number of nitro groups is 2. The molecule has 2 aromatic rings. The quantitative estimate of drug-likeness (QED) is 0.460. The van der Waals surface area contributed by atoms with Crippen molar-refractivity contribution < 1.29 is 14.6 Å². The fourth-order valence-corrected chi connectivity index (χ4v) is 1.63. The topological polar surface area (TPSA) is 134 Å². The number of aryl methyl sites for hydroxylation is 1. The molecule has 0 aliphatic rings. The summed E-state index contributed by atoms with van der Waals surface area (Å²) in [6, 6.07) is 5.07. The third-order valence-electron chi connectivity index (χ3n) is 2.70. The van der Waals surface area contributed by atoms with Gasteiger partial charge in [-0.25, -0.2) is 0 Å². The van der Waals surface area contributed by atoms with Gasteiger partial charge in [0.1, 0.15) is 6.54 Å². The summed E-state index contributed by atoms with van der Waals surface area (Å²) >= 11 is 0. The molecule has 0 atom stereocenters. The van der Waals surface area contributed by atoms with Gasteiger partial charge in [-0.05, 0) is 22.0 Å². The summed E-state index contributed by atoms with van der Waals surface area (Å²) in [4.78, 5) is 35.3. The van der Waals surface area contributed by atoms with E-state index in [0.29, 0.717) is 0 Å². The molecule has 0 aliphatic carbocycles. The summed E-state index contributed by atoms with van der Waals surface area (Å²) in [6.07, 6.45) is 0. The Morgan fingerprint density at radius 1 is 1.19 bits per heavy atom. The van der Waals surface area contributed by atoms with Crippen LogP contribution in [0.1, 0.15) is 16.2 Å². The molecular formula is C11H9N5O5. The highest BCUT2D eigenvalue weighted by Gasteiger charge is 2.20. The normalized spacial score (nSPS) is 10.3. The van der Waals surface area contributed by atoms with E-state index in [4.69, 9.17) is 0 Å². The number of hydrogen-bond acceptors (Lipinski definition) is 7. The van der Waals surface area contributed by atoms with Crippen LogP contribution in [0.5, 0.6) is 0 Å². The Morgan fingerprint density at radius 3 is 2.29 bits per heavy atom. The van der Waals surface area contributed by atoms with E-state index >= 15 is 0 Å². The van der Waals surface area contributed by atoms with E-state index in [1.54, 1.807) is 0 Å². The predicted octanol–water partition coefficient (Wildman–Crippen LogP) is 1.29. The van der Waals surface area contributed by atoms with Gasteiger partial charge >= 0.3 is 5.95 Å². The molecule has 10 nitrogen and oxygen atoms in total. The number of carbonyl (C=O) groups is 1. The molecule has 108 valence electrons. The minimum atomic E-state index is -0.750. The lowest BCUT2D eigenvalue weighted by Crippen LogP contribution is -2.13. The first-order chi connectivity index (χ1) is 9.88. The SMILES string of the molecule is Cc1nc([N+](=O)[O-])nn1CC(=O)c1ccc([N+](=O)[O-])cc1. The maximum Gasteiger partial charge on any atom is 0.491 e. The summed E-state index contributed by atoms with van der Waals surface area (Å²) in [7, 11) is 0. The van der Waals surface area contributed by atoms with Crippen molar-refractivity contribution in [1.29, 1.82) is 0 Å². The standard InChI is InChI=1S/C11H9N5O5/c1-7-12-11(16(20)21)13-14(7)6-10(17)8-2-4-9(5-3-8)15(18)19/h2-5H,6H2,1H3. The van der Waals surface area contributed by atoms with Crippen molar-refractivity contribution >= 4 is 17.4 Å². The van der Waals surface area contributed by atoms with Gasteiger partial charge in [0.15, 0.2) is 5.78 Å². The molecule has 0 N–H and O–H groups in total. The zero-order valence-corrected chi connectivity index (χ0v) is 10.8. The Bertz CT molecular complexity index is 721. The Labute approximate surface area is 117 Å². The van der Waals surface area contributed by atoms with Crippen LogP contribution in [0.2, 0.25) is 0 Å². The molecule has 0 fully saturated rings. The van der Waals surface area contributed by atoms with E-state index < -0.39 is 15.8 Å². The zero-order chi connectivity index (χ0) is 15.6. The van der Waals surface area contributed by atoms with Crippen molar-refractivity contribution in [2.75, 3.05) is 0 Å². The predicted molar refractivity (Wildman–Crippen MR) is 68.8 cm³/mol. The molecule has 0 amide bonds. The molecule has 0 saturated carbocycles. The first-order valence-corrected chi connectivity index (χ1v) is 5.72. The smallest absolute Gasteiger partial charge is 0.390 e. The van der Waals surface area contributed by atoms with Crippen molar-refractivity contribution in [3.63, 3.8) is 0 Å². The molecule has 0 unspecified atom stereocenters. The second-order valence-corrected chi connectivity index (χ2v) is 4.10. The third kappa shape index (κ3) is 3.05. The van der Waals surface area contributed by atoms with E-state index in [1.807, 2.05) is 0 Å². The monoisotopic (exact) mass is 291 g/mol. The number of non-ortho nitro benzene ring substituents is 1. The van der Waals surface area contributed by atoms with E-state index in [9.17, 15) is 25.0 Å². The number of benzene rings is 1. The molecule has 0 aliphatic heterocycles. The number of Topliss-reactive ketones (excluding diaryl/α,β-unsaturated/α-hetero) is 1. The first-order valence-electron chi connectivity index (χ1n) is 5.72. The van der Waals surface area contributed by atoms with Gasteiger partial charge in [-0.1, -0.05) is 0 Å². The molecule has 0 bridgehead atoms. The van der Waals surface area contributed by atoms with Crippen LogP contribution in [-0.2, 0) is 6.54 Å². The molecule has 0 radical (unpaired) electrons. The van der Waals surface area contributed by atoms with Crippen LogP contribution >= 0.6 is 0 Å². The number of nitrogens with zero attached hydrogens (tertiary/aromatic N) is 5. The lowest BCUT2D eigenvalue weighted by Gasteiger charge is -1.99. The van der Waals surface area contributed by atoms with Crippen molar-refractivity contribution in [2.24, 2.45) is 0 Å². The molecule has 1 aromatic heterocycles. The van der Waals surface area contributed by atoms with Gasteiger partial charge in [-0.3, -0.25) is 14.9 Å². The van der Waals surface area contributed by atoms with Crippen LogP contribution in [-0.4, -0.2) is 30.4 Å². The van der Waals surface area contributed by atoms with Gasteiger partial charge in [0.05, 0.1) is 4.92 Å². The number of aromatic nitrogens is 3. The van der Waals surface area contributed by atoms with E-state index in [0.717, 1.165) is 4.68 Å². The molecular weight excluding hydrogens is 282 g/mol. The minimum absolute atomic E-state index is 0.126. The number of rotatable bonds is 5. The summed E-state index contributed by atoms with van der Waals surface area (Å²) < 4.78 is 1.11. The Morgan fingerprint density at radius 2 is 1.81 bits per heavy atom. The summed E-state index contributed by atoms with van der Waals surface area (Å²) in [5.41, 5.74) is 0.122. The third-order valence-corrected chi connectivity index (χ3v) is 2.70. The van der Waals surface area contributed by atoms with E-state index in [1.165, 1.54) is 31.2 Å². The van der Waals surface area contributed by atoms with Gasteiger partial charge in [-0.2, -0.15) is 4.68 Å². The van der Waals surface area contributed by atoms with Gasteiger partial charge in [-0.15, -0.1) is 0 Å². The highest BCUT2D eigenvalue weighted by molar-refractivity contribution is 5.96. The van der Waals surface area contributed by atoms with Gasteiger partial charge in [0.2, 0.25) is 5.82 Å². The molecule has 1 heterocycles. The van der Waals surface area contributed by atoms with Crippen molar-refractivity contribution in [3.05, 3.63) is 55.9 Å². The largest absolute Gasteiger partial charge is 0.491 e. The van der Waals surface area contributed by atoms with Gasteiger partial charge in [0.25, 0.3) is 5.69 Å². The van der Waals surface area contributed by atoms with E-state index in [-0.39, 0.29) is 29.4 Å².